The van der Waals surface area contributed by atoms with Crippen molar-refractivity contribution in [2.24, 2.45) is 16.2 Å². The zero-order valence-corrected chi connectivity index (χ0v) is 28.4. The molecule has 0 aromatic heterocycles. The Morgan fingerprint density at radius 3 is 1.27 bits per heavy atom. The van der Waals surface area contributed by atoms with Crippen LogP contribution < -0.4 is 5.90 Å². The molecular formula is C30H64Cl2N6O3. The molecule has 3 heterocycles. The molecule has 3 saturated heterocycles. The summed E-state index contributed by atoms with van der Waals surface area (Å²) in [5, 5.41) is 14.5. The van der Waals surface area contributed by atoms with Gasteiger partial charge >= 0.3 is 0 Å². The van der Waals surface area contributed by atoms with Crippen LogP contribution in [-0.2, 0) is 9.68 Å². The first-order valence-electron chi connectivity index (χ1n) is 15.8. The third kappa shape index (κ3) is 30.6. The highest BCUT2D eigenvalue weighted by molar-refractivity contribution is 6.18. The normalized spacial score (nSPS) is 18.5. The Labute approximate surface area is 263 Å². The maximum Gasteiger partial charge on any atom is 0.129 e. The summed E-state index contributed by atoms with van der Waals surface area (Å²) in [7, 11) is 0. The van der Waals surface area contributed by atoms with Crippen molar-refractivity contribution in [2.45, 2.75) is 105 Å². The summed E-state index contributed by atoms with van der Waals surface area (Å²) in [6.07, 6.45) is 16.5. The Hall–Kier alpha value is -0.680. The van der Waals surface area contributed by atoms with Gasteiger partial charge in [0.05, 0.1) is 18.0 Å². The lowest BCUT2D eigenvalue weighted by Crippen LogP contribution is -2.29. The Kier molecular flexibility index (Phi) is 33.4. The van der Waals surface area contributed by atoms with Crippen molar-refractivity contribution >= 4 is 35.4 Å². The first-order valence-corrected chi connectivity index (χ1v) is 16.3. The van der Waals surface area contributed by atoms with E-state index in [1.54, 1.807) is 13.8 Å². The Morgan fingerprint density at radius 2 is 0.976 bits per heavy atom. The molecule has 3 N–H and O–H groups in total. The summed E-state index contributed by atoms with van der Waals surface area (Å²) in [4.78, 5) is 17.1. The average Bonchev–Trinajstić information content (AvgIpc) is 3.48. The number of hydrogen-bond donors (Lipinski definition) is 2. The topological polar surface area (TPSA) is 99.2 Å². The summed E-state index contributed by atoms with van der Waals surface area (Å²) < 4.78 is 0. The molecule has 3 aliphatic rings. The van der Waals surface area contributed by atoms with Crippen molar-refractivity contribution in [2.75, 3.05) is 78.0 Å². The molecule has 246 valence electrons. The monoisotopic (exact) mass is 626 g/mol. The number of nitrogens with two attached hydrogens (primary N) is 1. The van der Waals surface area contributed by atoms with Crippen molar-refractivity contribution in [3.05, 3.63) is 0 Å². The molecule has 0 unspecified atom stereocenters. The van der Waals surface area contributed by atoms with Crippen LogP contribution in [0.3, 0.4) is 0 Å². The molecule has 0 saturated carbocycles. The third-order valence-corrected chi connectivity index (χ3v) is 7.14. The number of oxime groups is 2. The van der Waals surface area contributed by atoms with Crippen LogP contribution in [0.5, 0.6) is 0 Å². The fourth-order valence-corrected chi connectivity index (χ4v) is 4.96. The fraction of sp³-hybridized carbons (Fsp3) is 0.933. The van der Waals surface area contributed by atoms with Crippen LogP contribution in [0.15, 0.2) is 10.3 Å². The minimum absolute atomic E-state index is 0. The van der Waals surface area contributed by atoms with Crippen LogP contribution in [0.2, 0.25) is 0 Å². The largest absolute Gasteiger partial charge is 0.411 e. The van der Waals surface area contributed by atoms with Gasteiger partial charge in [0.15, 0.2) is 0 Å². The summed E-state index contributed by atoms with van der Waals surface area (Å²) in [5.74, 6) is 5.75. The smallest absolute Gasteiger partial charge is 0.129 e. The van der Waals surface area contributed by atoms with E-state index in [4.69, 9.17) is 27.5 Å². The zero-order chi connectivity index (χ0) is 29.7. The molecule has 0 radical (unpaired) electrons. The SMILES string of the molecule is CC(C)=NO.CC(C)=NOCCN1CCCCCC1.Cl.ClCCN1CCCCCC1.NOCCN1CCCCCC1. The number of hydrogen-bond acceptors (Lipinski definition) is 9. The van der Waals surface area contributed by atoms with Crippen molar-refractivity contribution in [1.29, 1.82) is 0 Å². The molecule has 0 spiro atoms. The predicted octanol–water partition coefficient (Wildman–Crippen LogP) is 6.41. The molecule has 11 heteroatoms. The lowest BCUT2D eigenvalue weighted by Gasteiger charge is -2.18. The van der Waals surface area contributed by atoms with Gasteiger partial charge in [-0.05, 0) is 105 Å². The molecule has 3 aliphatic heterocycles. The molecule has 41 heavy (non-hydrogen) atoms. The second-order valence-corrected chi connectivity index (χ2v) is 11.6. The lowest BCUT2D eigenvalue weighted by atomic mass is 10.2. The van der Waals surface area contributed by atoms with Gasteiger partial charge in [-0.25, -0.2) is 5.90 Å². The first-order chi connectivity index (χ1) is 19.4. The van der Waals surface area contributed by atoms with E-state index in [9.17, 15) is 0 Å². The van der Waals surface area contributed by atoms with Gasteiger partial charge in [0, 0.05) is 25.5 Å². The maximum absolute atomic E-state index is 7.73. The van der Waals surface area contributed by atoms with E-state index in [1.807, 2.05) is 13.8 Å². The lowest BCUT2D eigenvalue weighted by molar-refractivity contribution is 0.107. The molecule has 0 aromatic carbocycles. The molecule has 3 rings (SSSR count). The predicted molar refractivity (Wildman–Crippen MR) is 178 cm³/mol. The highest BCUT2D eigenvalue weighted by Gasteiger charge is 2.09. The Bertz CT molecular complexity index is 585. The average molecular weight is 628 g/mol. The highest BCUT2D eigenvalue weighted by atomic mass is 35.5. The molecular weight excluding hydrogens is 563 g/mol. The van der Waals surface area contributed by atoms with Crippen molar-refractivity contribution in [3.8, 4) is 0 Å². The van der Waals surface area contributed by atoms with E-state index < -0.39 is 0 Å². The number of rotatable bonds is 9. The van der Waals surface area contributed by atoms with Gasteiger partial charge in [-0.1, -0.05) is 48.8 Å². The number of likely N-dealkylation sites (tertiary alicyclic amines) is 3. The number of nitrogens with zero attached hydrogens (tertiary/aromatic N) is 5. The van der Waals surface area contributed by atoms with Gasteiger partial charge in [0.2, 0.25) is 0 Å². The van der Waals surface area contributed by atoms with Gasteiger partial charge in [-0.2, -0.15) is 0 Å². The van der Waals surface area contributed by atoms with E-state index in [-0.39, 0.29) is 12.4 Å². The van der Waals surface area contributed by atoms with Gasteiger partial charge < -0.3 is 24.7 Å². The standard InChI is InChI=1S/C11H22N2O.C8H16ClN.C8H18N2O.C3H7NO.ClH/c1-11(2)12-14-10-9-13-7-5-3-4-6-8-13;9-5-8-10-6-3-1-2-4-7-10;9-11-8-7-10-5-3-1-2-4-6-10;1-3(2)4-5;/h3-10H2,1-2H3;1-8H2;1-9H2;5H,1-2H3;1H. The molecule has 0 aromatic rings. The summed E-state index contributed by atoms with van der Waals surface area (Å²) in [5.41, 5.74) is 1.67. The molecule has 0 bridgehead atoms. The van der Waals surface area contributed by atoms with Crippen LogP contribution in [0.25, 0.3) is 0 Å². The number of alkyl halides is 1. The van der Waals surface area contributed by atoms with E-state index in [1.165, 1.54) is 116 Å². The fourth-order valence-electron chi connectivity index (χ4n) is 4.73. The minimum Gasteiger partial charge on any atom is -0.411 e. The third-order valence-electron chi connectivity index (χ3n) is 6.97. The second-order valence-electron chi connectivity index (χ2n) is 11.2. The van der Waals surface area contributed by atoms with E-state index in [0.29, 0.717) is 12.3 Å². The second kappa shape index (κ2) is 32.2. The van der Waals surface area contributed by atoms with Gasteiger partial charge in [-0.3, -0.25) is 4.90 Å². The van der Waals surface area contributed by atoms with Crippen LogP contribution >= 0.6 is 24.0 Å². The highest BCUT2D eigenvalue weighted by Crippen LogP contribution is 2.10. The van der Waals surface area contributed by atoms with Crippen LogP contribution in [-0.4, -0.2) is 109 Å². The molecule has 9 nitrogen and oxygen atoms in total. The maximum atomic E-state index is 7.73. The van der Waals surface area contributed by atoms with Crippen molar-refractivity contribution in [3.63, 3.8) is 0 Å². The minimum atomic E-state index is 0. The molecule has 0 atom stereocenters. The van der Waals surface area contributed by atoms with Crippen molar-refractivity contribution < 1.29 is 14.9 Å². The summed E-state index contributed by atoms with van der Waals surface area (Å²) in [6, 6.07) is 0. The molecule has 0 amide bonds. The Morgan fingerprint density at radius 1 is 0.634 bits per heavy atom. The first kappa shape index (κ1) is 42.5. The Balaban J connectivity index is 0. The number of halogens is 2. The quantitative estimate of drug-likeness (QED) is 0.100. The van der Waals surface area contributed by atoms with Gasteiger partial charge in [-0.15, -0.1) is 24.0 Å². The van der Waals surface area contributed by atoms with Gasteiger partial charge in [0.1, 0.15) is 6.61 Å². The van der Waals surface area contributed by atoms with Crippen molar-refractivity contribution in [1.82, 2.24) is 14.7 Å². The van der Waals surface area contributed by atoms with Crippen LogP contribution in [0, 0.1) is 0 Å². The van der Waals surface area contributed by atoms with Gasteiger partial charge in [0.25, 0.3) is 0 Å². The summed E-state index contributed by atoms with van der Waals surface area (Å²) >= 11 is 5.65. The molecule has 3 fully saturated rings. The van der Waals surface area contributed by atoms with E-state index in [2.05, 4.69) is 29.8 Å². The molecule has 0 aliphatic carbocycles. The van der Waals surface area contributed by atoms with E-state index >= 15 is 0 Å². The van der Waals surface area contributed by atoms with Crippen LogP contribution in [0.4, 0.5) is 0 Å². The van der Waals surface area contributed by atoms with E-state index in [0.717, 1.165) is 37.8 Å². The zero-order valence-electron chi connectivity index (χ0n) is 26.8. The van der Waals surface area contributed by atoms with Crippen LogP contribution in [0.1, 0.15) is 105 Å². The summed E-state index contributed by atoms with van der Waals surface area (Å²) in [6.45, 7) is 19.3.